The van der Waals surface area contributed by atoms with E-state index in [1.165, 1.54) is 12.4 Å². The van der Waals surface area contributed by atoms with Crippen molar-refractivity contribution >= 4 is 11.6 Å². The van der Waals surface area contributed by atoms with Crippen LogP contribution in [-0.4, -0.2) is 22.1 Å². The van der Waals surface area contributed by atoms with E-state index in [0.717, 1.165) is 28.9 Å². The van der Waals surface area contributed by atoms with Gasteiger partial charge in [0.2, 0.25) is 0 Å². The summed E-state index contributed by atoms with van der Waals surface area (Å²) in [5.41, 5.74) is -0.686. The summed E-state index contributed by atoms with van der Waals surface area (Å²) < 4.78 is 62.5. The molecule has 0 radical (unpaired) electrons. The Morgan fingerprint density at radius 2 is 1.86 bits per heavy atom. The SMILES string of the molecule is O=C(Nc1cnn(CC(F)F)c1)c1ccc(C(F)(F)F)cc1. The monoisotopic (exact) mass is 319 g/mol. The first-order valence-electron chi connectivity index (χ1n) is 6.05. The van der Waals surface area contributed by atoms with Gasteiger partial charge in [0.1, 0.15) is 6.54 Å². The summed E-state index contributed by atoms with van der Waals surface area (Å²) in [7, 11) is 0. The van der Waals surface area contributed by atoms with E-state index < -0.39 is 30.6 Å². The Balaban J connectivity index is 2.04. The molecule has 4 nitrogen and oxygen atoms in total. The van der Waals surface area contributed by atoms with E-state index in [1.807, 2.05) is 0 Å². The molecule has 22 heavy (non-hydrogen) atoms. The summed E-state index contributed by atoms with van der Waals surface area (Å²) in [6.45, 7) is -0.615. The lowest BCUT2D eigenvalue weighted by atomic mass is 10.1. The highest BCUT2D eigenvalue weighted by atomic mass is 19.4. The third-order valence-corrected chi connectivity index (χ3v) is 2.69. The molecule has 0 spiro atoms. The van der Waals surface area contributed by atoms with Gasteiger partial charge in [-0.05, 0) is 24.3 Å². The molecule has 2 rings (SSSR count). The van der Waals surface area contributed by atoms with Gasteiger partial charge in [-0.3, -0.25) is 9.48 Å². The van der Waals surface area contributed by atoms with Gasteiger partial charge in [-0.1, -0.05) is 0 Å². The number of nitrogens with zero attached hydrogens (tertiary/aromatic N) is 2. The molecule has 1 aromatic carbocycles. The third-order valence-electron chi connectivity index (χ3n) is 2.69. The first-order valence-corrected chi connectivity index (χ1v) is 6.05. The number of halogens is 5. The number of nitrogens with one attached hydrogen (secondary N) is 1. The van der Waals surface area contributed by atoms with Gasteiger partial charge in [0, 0.05) is 11.8 Å². The van der Waals surface area contributed by atoms with Crippen molar-refractivity contribution in [1.29, 1.82) is 0 Å². The zero-order valence-corrected chi connectivity index (χ0v) is 10.9. The van der Waals surface area contributed by atoms with Crippen molar-refractivity contribution in [2.75, 3.05) is 5.32 Å². The van der Waals surface area contributed by atoms with Crippen LogP contribution in [0, 0.1) is 0 Å². The molecular weight excluding hydrogens is 309 g/mol. The lowest BCUT2D eigenvalue weighted by molar-refractivity contribution is -0.137. The van der Waals surface area contributed by atoms with Gasteiger partial charge >= 0.3 is 6.18 Å². The normalized spacial score (nSPS) is 11.7. The number of benzene rings is 1. The molecule has 1 amide bonds. The van der Waals surface area contributed by atoms with E-state index in [0.29, 0.717) is 0 Å². The first kappa shape index (κ1) is 15.9. The predicted molar refractivity (Wildman–Crippen MR) is 67.6 cm³/mol. The molecule has 9 heteroatoms. The Morgan fingerprint density at radius 1 is 1.23 bits per heavy atom. The fourth-order valence-electron chi connectivity index (χ4n) is 1.68. The number of anilines is 1. The molecule has 0 aliphatic heterocycles. The summed E-state index contributed by atoms with van der Waals surface area (Å²) in [5, 5.41) is 5.98. The lowest BCUT2D eigenvalue weighted by Gasteiger charge is -2.07. The van der Waals surface area contributed by atoms with Crippen LogP contribution in [0.15, 0.2) is 36.7 Å². The second-order valence-electron chi connectivity index (χ2n) is 4.37. The van der Waals surface area contributed by atoms with Crippen molar-refractivity contribution in [3.05, 3.63) is 47.8 Å². The van der Waals surface area contributed by atoms with Gasteiger partial charge in [-0.25, -0.2) is 8.78 Å². The van der Waals surface area contributed by atoms with E-state index in [1.54, 1.807) is 0 Å². The van der Waals surface area contributed by atoms with Gasteiger partial charge in [-0.15, -0.1) is 0 Å². The van der Waals surface area contributed by atoms with Crippen LogP contribution in [0.2, 0.25) is 0 Å². The van der Waals surface area contributed by atoms with E-state index in [2.05, 4.69) is 10.4 Å². The van der Waals surface area contributed by atoms with Crippen LogP contribution in [0.3, 0.4) is 0 Å². The second-order valence-corrected chi connectivity index (χ2v) is 4.37. The van der Waals surface area contributed by atoms with Crippen LogP contribution in [0.1, 0.15) is 15.9 Å². The molecule has 0 fully saturated rings. The van der Waals surface area contributed by atoms with Crippen molar-refractivity contribution < 1.29 is 26.7 Å². The van der Waals surface area contributed by atoms with Crippen LogP contribution in [0.25, 0.3) is 0 Å². The van der Waals surface area contributed by atoms with Gasteiger partial charge < -0.3 is 5.32 Å². The second kappa shape index (κ2) is 6.12. The number of aromatic nitrogens is 2. The minimum absolute atomic E-state index is 0.00890. The average molecular weight is 319 g/mol. The van der Waals surface area contributed by atoms with Crippen molar-refractivity contribution in [1.82, 2.24) is 9.78 Å². The fourth-order valence-corrected chi connectivity index (χ4v) is 1.68. The molecule has 1 heterocycles. The number of rotatable bonds is 4. The smallest absolute Gasteiger partial charge is 0.319 e. The molecule has 0 atom stereocenters. The first-order chi connectivity index (χ1) is 10.3. The maximum absolute atomic E-state index is 12.4. The lowest BCUT2D eigenvalue weighted by Crippen LogP contribution is -2.12. The van der Waals surface area contributed by atoms with Crippen molar-refractivity contribution in [3.63, 3.8) is 0 Å². The summed E-state index contributed by atoms with van der Waals surface area (Å²) in [5.74, 6) is -0.662. The fraction of sp³-hybridized carbons (Fsp3) is 0.231. The van der Waals surface area contributed by atoms with Gasteiger partial charge in [-0.2, -0.15) is 18.3 Å². The largest absolute Gasteiger partial charge is 0.416 e. The molecule has 0 unspecified atom stereocenters. The summed E-state index contributed by atoms with van der Waals surface area (Å²) in [4.78, 5) is 11.8. The van der Waals surface area contributed by atoms with Gasteiger partial charge in [0.25, 0.3) is 12.3 Å². The Labute approximate surface area is 121 Å². The number of hydrogen-bond acceptors (Lipinski definition) is 2. The predicted octanol–water partition coefficient (Wildman–Crippen LogP) is 3.42. The molecule has 118 valence electrons. The van der Waals surface area contributed by atoms with Crippen LogP contribution in [-0.2, 0) is 12.7 Å². The number of carbonyl (C=O) groups excluding carboxylic acids is 1. The van der Waals surface area contributed by atoms with E-state index >= 15 is 0 Å². The van der Waals surface area contributed by atoms with Crippen LogP contribution in [0.5, 0.6) is 0 Å². The molecule has 0 saturated carbocycles. The summed E-state index contributed by atoms with van der Waals surface area (Å²) >= 11 is 0. The maximum atomic E-state index is 12.4. The number of amides is 1. The van der Waals surface area contributed by atoms with Gasteiger partial charge in [0.15, 0.2) is 0 Å². The molecule has 1 N–H and O–H groups in total. The zero-order chi connectivity index (χ0) is 16.3. The Hall–Kier alpha value is -2.45. The Morgan fingerprint density at radius 3 is 2.41 bits per heavy atom. The average Bonchev–Trinajstić information content (AvgIpc) is 2.84. The third kappa shape index (κ3) is 4.03. The molecular formula is C13H10F5N3O. The number of hydrogen-bond donors (Lipinski definition) is 1. The molecule has 1 aromatic heterocycles. The van der Waals surface area contributed by atoms with Crippen LogP contribution < -0.4 is 5.32 Å². The number of carbonyl (C=O) groups is 1. The highest BCUT2D eigenvalue weighted by Crippen LogP contribution is 2.29. The maximum Gasteiger partial charge on any atom is 0.416 e. The van der Waals surface area contributed by atoms with E-state index in [4.69, 9.17) is 0 Å². The summed E-state index contributed by atoms with van der Waals surface area (Å²) in [6, 6.07) is 3.63. The summed E-state index contributed by atoms with van der Waals surface area (Å²) in [6.07, 6.45) is -4.69. The quantitative estimate of drug-likeness (QED) is 0.878. The topological polar surface area (TPSA) is 46.9 Å². The van der Waals surface area contributed by atoms with Crippen LogP contribution in [0.4, 0.5) is 27.6 Å². The molecule has 0 bridgehead atoms. The standard InChI is InChI=1S/C13H10F5N3O/c14-11(15)7-21-6-10(5-19-21)20-12(22)8-1-3-9(4-2-8)13(16,17)18/h1-6,11H,7H2,(H,20,22). The molecule has 0 saturated heterocycles. The van der Waals surface area contributed by atoms with Gasteiger partial charge in [0.05, 0.1) is 17.4 Å². The molecule has 0 aliphatic rings. The minimum Gasteiger partial charge on any atom is -0.319 e. The highest BCUT2D eigenvalue weighted by Gasteiger charge is 2.30. The minimum atomic E-state index is -4.48. The van der Waals surface area contributed by atoms with Crippen LogP contribution >= 0.6 is 0 Å². The van der Waals surface area contributed by atoms with E-state index in [9.17, 15) is 26.7 Å². The van der Waals surface area contributed by atoms with E-state index in [-0.39, 0.29) is 11.3 Å². The van der Waals surface area contributed by atoms with Crippen molar-refractivity contribution in [3.8, 4) is 0 Å². The molecule has 0 aliphatic carbocycles. The Bertz CT molecular complexity index is 648. The molecule has 2 aromatic rings. The van der Waals surface area contributed by atoms with Crippen molar-refractivity contribution in [2.45, 2.75) is 19.1 Å². The zero-order valence-electron chi connectivity index (χ0n) is 10.9. The highest BCUT2D eigenvalue weighted by molar-refractivity contribution is 6.04. The van der Waals surface area contributed by atoms with Crippen molar-refractivity contribution in [2.24, 2.45) is 0 Å². The Kier molecular flexibility index (Phi) is 4.43. The number of alkyl halides is 5.